The molecule has 0 bridgehead atoms. The van der Waals surface area contributed by atoms with Gasteiger partial charge in [-0.05, 0) is 44.2 Å². The third-order valence-electron chi connectivity index (χ3n) is 4.52. The summed E-state index contributed by atoms with van der Waals surface area (Å²) in [6.45, 7) is 4.95. The van der Waals surface area contributed by atoms with Crippen LogP contribution in [-0.4, -0.2) is 36.9 Å². The summed E-state index contributed by atoms with van der Waals surface area (Å²) in [5.74, 6) is 3.01. The summed E-state index contributed by atoms with van der Waals surface area (Å²) in [7, 11) is 3.28. The molecule has 0 amide bonds. The molecule has 0 saturated heterocycles. The van der Waals surface area contributed by atoms with Gasteiger partial charge in [0.25, 0.3) is 0 Å². The van der Waals surface area contributed by atoms with Crippen LogP contribution in [0.1, 0.15) is 31.3 Å². The average Bonchev–Trinajstić information content (AvgIpc) is 3.26. The van der Waals surface area contributed by atoms with Crippen LogP contribution in [0.4, 0.5) is 0 Å². The summed E-state index contributed by atoms with van der Waals surface area (Å²) < 4.78 is 16.2. The normalized spacial score (nSPS) is 12.4. The van der Waals surface area contributed by atoms with Crippen molar-refractivity contribution in [1.82, 2.24) is 20.8 Å². The summed E-state index contributed by atoms with van der Waals surface area (Å²) in [6, 6.07) is 12.9. The molecule has 3 aromatic rings. The molecule has 164 valence electrons. The number of hydrogen-bond acceptors (Lipinski definition) is 6. The number of nitrogens with zero attached hydrogens (tertiary/aromatic N) is 3. The van der Waals surface area contributed by atoms with Gasteiger partial charge in [-0.15, -0.1) is 0 Å². The molecule has 2 N–H and O–H groups in total. The fourth-order valence-corrected chi connectivity index (χ4v) is 3.18. The van der Waals surface area contributed by atoms with Crippen LogP contribution >= 0.6 is 11.6 Å². The van der Waals surface area contributed by atoms with E-state index in [0.717, 1.165) is 22.6 Å². The van der Waals surface area contributed by atoms with E-state index in [1.54, 1.807) is 26.4 Å². The number of aliphatic imine (C=N–C) groups is 1. The molecule has 9 heteroatoms. The van der Waals surface area contributed by atoms with Crippen LogP contribution in [0.2, 0.25) is 5.02 Å². The van der Waals surface area contributed by atoms with Crippen molar-refractivity contribution in [1.29, 1.82) is 0 Å². The molecule has 0 saturated carbocycles. The lowest BCUT2D eigenvalue weighted by atomic mass is 10.1. The van der Waals surface area contributed by atoms with E-state index in [4.69, 9.17) is 25.6 Å². The molecule has 0 spiro atoms. The van der Waals surface area contributed by atoms with Crippen LogP contribution in [0.15, 0.2) is 52.0 Å². The number of rotatable bonds is 8. The van der Waals surface area contributed by atoms with E-state index in [1.807, 2.05) is 44.2 Å². The highest BCUT2D eigenvalue weighted by Gasteiger charge is 2.15. The summed E-state index contributed by atoms with van der Waals surface area (Å²) >= 11 is 6.04. The van der Waals surface area contributed by atoms with Crippen LogP contribution in [0.3, 0.4) is 0 Å². The topological polar surface area (TPSA) is 93.8 Å². The maximum absolute atomic E-state index is 6.04. The van der Waals surface area contributed by atoms with Gasteiger partial charge in [-0.1, -0.05) is 28.9 Å². The Morgan fingerprint density at radius 1 is 1.19 bits per heavy atom. The van der Waals surface area contributed by atoms with E-state index < -0.39 is 0 Å². The number of hydrogen-bond donors (Lipinski definition) is 2. The highest BCUT2D eigenvalue weighted by Crippen LogP contribution is 2.29. The Morgan fingerprint density at radius 3 is 2.74 bits per heavy atom. The largest absolute Gasteiger partial charge is 0.497 e. The number of ether oxygens (including phenoxy) is 2. The predicted molar refractivity (Wildman–Crippen MR) is 121 cm³/mol. The first-order valence-corrected chi connectivity index (χ1v) is 10.3. The highest BCUT2D eigenvalue weighted by molar-refractivity contribution is 6.30. The van der Waals surface area contributed by atoms with Crippen molar-refractivity contribution in [2.75, 3.05) is 20.8 Å². The van der Waals surface area contributed by atoms with Crippen LogP contribution in [-0.2, 0) is 6.54 Å². The Labute approximate surface area is 186 Å². The predicted octanol–water partition coefficient (Wildman–Crippen LogP) is 4.22. The van der Waals surface area contributed by atoms with E-state index in [0.29, 0.717) is 29.2 Å². The minimum absolute atomic E-state index is 0.0902. The monoisotopic (exact) mass is 443 g/mol. The van der Waals surface area contributed by atoms with E-state index in [2.05, 4.69) is 25.8 Å². The molecule has 31 heavy (non-hydrogen) atoms. The lowest BCUT2D eigenvalue weighted by molar-refractivity contribution is 0.380. The first kappa shape index (κ1) is 22.4. The Morgan fingerprint density at radius 2 is 2.03 bits per heavy atom. The summed E-state index contributed by atoms with van der Waals surface area (Å²) in [5, 5.41) is 11.2. The van der Waals surface area contributed by atoms with Crippen LogP contribution in [0, 0.1) is 0 Å². The summed E-state index contributed by atoms with van der Waals surface area (Å²) in [5.41, 5.74) is 1.74. The molecular weight excluding hydrogens is 418 g/mol. The molecule has 0 radical (unpaired) electrons. The molecule has 3 rings (SSSR count). The second-order valence-corrected chi connectivity index (χ2v) is 7.13. The second-order valence-electron chi connectivity index (χ2n) is 6.69. The first-order chi connectivity index (χ1) is 15.0. The molecule has 1 unspecified atom stereocenters. The van der Waals surface area contributed by atoms with Crippen molar-refractivity contribution in [3.63, 3.8) is 0 Å². The molecule has 1 atom stereocenters. The van der Waals surface area contributed by atoms with Crippen LogP contribution < -0.4 is 20.1 Å². The fraction of sp³-hybridized carbons (Fsp3) is 0.318. The fourth-order valence-electron chi connectivity index (χ4n) is 2.99. The third-order valence-corrected chi connectivity index (χ3v) is 4.76. The quantitative estimate of drug-likeness (QED) is 0.397. The van der Waals surface area contributed by atoms with Gasteiger partial charge in [0.05, 0.1) is 20.3 Å². The molecule has 0 aliphatic rings. The number of halogens is 1. The number of aromatic nitrogens is 2. The number of guanidine groups is 1. The molecule has 1 aromatic heterocycles. The minimum Gasteiger partial charge on any atom is -0.497 e. The number of methoxy groups -OCH3 is 2. The van der Waals surface area contributed by atoms with Crippen LogP contribution in [0.25, 0.3) is 11.4 Å². The third kappa shape index (κ3) is 5.88. The zero-order valence-electron chi connectivity index (χ0n) is 18.0. The zero-order chi connectivity index (χ0) is 22.2. The second kappa shape index (κ2) is 10.7. The lowest BCUT2D eigenvalue weighted by Crippen LogP contribution is -2.38. The molecule has 2 aromatic carbocycles. The maximum Gasteiger partial charge on any atom is 0.248 e. The van der Waals surface area contributed by atoms with Gasteiger partial charge in [0.2, 0.25) is 11.7 Å². The van der Waals surface area contributed by atoms with Crippen molar-refractivity contribution in [2.45, 2.75) is 26.4 Å². The van der Waals surface area contributed by atoms with Gasteiger partial charge < -0.3 is 24.6 Å². The van der Waals surface area contributed by atoms with E-state index in [1.165, 1.54) is 0 Å². The Kier molecular flexibility index (Phi) is 7.72. The highest BCUT2D eigenvalue weighted by atomic mass is 35.5. The average molecular weight is 444 g/mol. The van der Waals surface area contributed by atoms with Gasteiger partial charge in [0.1, 0.15) is 18.0 Å². The Hall–Kier alpha value is -3.26. The maximum atomic E-state index is 6.04. The molecule has 1 heterocycles. The van der Waals surface area contributed by atoms with Gasteiger partial charge in [-0.3, -0.25) is 0 Å². The van der Waals surface area contributed by atoms with Crippen molar-refractivity contribution in [2.24, 2.45) is 4.99 Å². The van der Waals surface area contributed by atoms with Gasteiger partial charge in [-0.25, -0.2) is 4.99 Å². The van der Waals surface area contributed by atoms with E-state index >= 15 is 0 Å². The number of nitrogens with one attached hydrogen (secondary N) is 2. The molecule has 0 aliphatic heterocycles. The zero-order valence-corrected chi connectivity index (χ0v) is 18.7. The van der Waals surface area contributed by atoms with Crippen molar-refractivity contribution < 1.29 is 14.0 Å². The smallest absolute Gasteiger partial charge is 0.248 e. The van der Waals surface area contributed by atoms with Crippen LogP contribution in [0.5, 0.6) is 11.5 Å². The van der Waals surface area contributed by atoms with Crippen molar-refractivity contribution in [3.8, 4) is 22.9 Å². The summed E-state index contributed by atoms with van der Waals surface area (Å²) in [6.07, 6.45) is 0. The Balaban J connectivity index is 1.74. The molecule has 0 fully saturated rings. The van der Waals surface area contributed by atoms with Gasteiger partial charge in [0.15, 0.2) is 5.96 Å². The van der Waals surface area contributed by atoms with Gasteiger partial charge >= 0.3 is 0 Å². The van der Waals surface area contributed by atoms with Gasteiger partial charge in [-0.2, -0.15) is 4.98 Å². The first-order valence-electron chi connectivity index (χ1n) is 9.89. The molecular formula is C22H26ClN5O3. The Bertz CT molecular complexity index is 1040. The summed E-state index contributed by atoms with van der Waals surface area (Å²) in [4.78, 5) is 8.98. The van der Waals surface area contributed by atoms with Gasteiger partial charge in [0, 0.05) is 22.7 Å². The molecule has 0 aliphatic carbocycles. The van der Waals surface area contributed by atoms with E-state index in [-0.39, 0.29) is 12.6 Å². The lowest BCUT2D eigenvalue weighted by Gasteiger charge is -2.20. The minimum atomic E-state index is -0.0902. The van der Waals surface area contributed by atoms with E-state index in [9.17, 15) is 0 Å². The SMILES string of the molecule is CCNC(=NCc1nc(-c2cccc(Cl)c2)no1)NC(C)c1cc(OC)ccc1OC. The standard InChI is InChI=1S/C22H26ClN5O3/c1-5-24-22(26-14(2)18-12-17(29-3)9-10-19(18)30-4)25-13-20-27-21(28-31-20)15-7-6-8-16(23)11-15/h6-12,14H,5,13H2,1-4H3,(H2,24,25,26). The number of benzene rings is 2. The molecule has 8 nitrogen and oxygen atoms in total. The van der Waals surface area contributed by atoms with Crippen molar-refractivity contribution >= 4 is 17.6 Å². The van der Waals surface area contributed by atoms with Crippen molar-refractivity contribution in [3.05, 3.63) is 58.9 Å².